The van der Waals surface area contributed by atoms with Crippen molar-refractivity contribution in [3.8, 4) is 0 Å². The molecule has 100 valence electrons. The molecule has 2 nitrogen and oxygen atoms in total. The number of nitrogens with two attached hydrogens (primary N) is 1. The van der Waals surface area contributed by atoms with E-state index in [0.717, 1.165) is 30.2 Å². The second-order valence-electron chi connectivity index (χ2n) is 5.45. The van der Waals surface area contributed by atoms with Crippen molar-refractivity contribution in [1.82, 2.24) is 4.90 Å². The maximum atomic E-state index is 6.31. The molecule has 0 aromatic heterocycles. The maximum Gasteiger partial charge on any atom is 0.0454 e. The summed E-state index contributed by atoms with van der Waals surface area (Å²) >= 11 is 8.36. The molecule has 0 saturated carbocycles. The maximum absolute atomic E-state index is 6.31. The monoisotopic (exact) mass is 284 g/mol. The number of thioether (sulfide) groups is 1. The van der Waals surface area contributed by atoms with Crippen molar-refractivity contribution in [2.24, 2.45) is 5.73 Å². The largest absolute Gasteiger partial charge is 0.326 e. The normalized spacial score (nSPS) is 20.0. The van der Waals surface area contributed by atoms with E-state index in [4.69, 9.17) is 17.3 Å². The molecule has 0 bridgehead atoms. The molecule has 4 heteroatoms. The van der Waals surface area contributed by atoms with Crippen LogP contribution < -0.4 is 5.73 Å². The minimum absolute atomic E-state index is 0.349. The Morgan fingerprint density at radius 2 is 2.22 bits per heavy atom. The summed E-state index contributed by atoms with van der Waals surface area (Å²) < 4.78 is 0.349. The first-order chi connectivity index (χ1) is 8.50. The highest BCUT2D eigenvalue weighted by Crippen LogP contribution is 2.31. The first-order valence-electron chi connectivity index (χ1n) is 6.34. The van der Waals surface area contributed by atoms with Crippen LogP contribution in [0.15, 0.2) is 18.2 Å². The Hall–Kier alpha value is -0.220. The van der Waals surface area contributed by atoms with Gasteiger partial charge in [0, 0.05) is 41.7 Å². The Bertz CT molecular complexity index is 420. The van der Waals surface area contributed by atoms with Gasteiger partial charge in [-0.05, 0) is 31.0 Å². The number of halogens is 1. The fourth-order valence-electron chi connectivity index (χ4n) is 2.34. The van der Waals surface area contributed by atoms with Crippen LogP contribution in [-0.2, 0) is 13.1 Å². The third-order valence-corrected chi connectivity index (χ3v) is 4.90. The summed E-state index contributed by atoms with van der Waals surface area (Å²) in [5.74, 6) is 1.20. The molecule has 1 aliphatic rings. The molecule has 1 aliphatic heterocycles. The first kappa shape index (κ1) is 14.2. The number of benzene rings is 1. The highest BCUT2D eigenvalue weighted by atomic mass is 35.5. The molecule has 2 N–H and O–H groups in total. The molecule has 1 heterocycles. The van der Waals surface area contributed by atoms with Crippen LogP contribution >= 0.6 is 23.4 Å². The van der Waals surface area contributed by atoms with Crippen LogP contribution in [0.5, 0.6) is 0 Å². The van der Waals surface area contributed by atoms with Crippen molar-refractivity contribution in [3.05, 3.63) is 34.3 Å². The summed E-state index contributed by atoms with van der Waals surface area (Å²) in [4.78, 5) is 2.49. The molecular weight excluding hydrogens is 264 g/mol. The lowest BCUT2D eigenvalue weighted by Crippen LogP contribution is -2.42. The highest BCUT2D eigenvalue weighted by Gasteiger charge is 2.27. The molecule has 18 heavy (non-hydrogen) atoms. The molecule has 1 fully saturated rings. The fourth-order valence-corrected chi connectivity index (χ4v) is 3.77. The van der Waals surface area contributed by atoms with Crippen molar-refractivity contribution in [3.63, 3.8) is 0 Å². The Labute approximate surface area is 119 Å². The van der Waals surface area contributed by atoms with E-state index in [1.54, 1.807) is 0 Å². The van der Waals surface area contributed by atoms with Gasteiger partial charge in [0.1, 0.15) is 0 Å². The van der Waals surface area contributed by atoms with Gasteiger partial charge in [-0.3, -0.25) is 4.90 Å². The predicted molar refractivity (Wildman–Crippen MR) is 81.2 cm³/mol. The SMILES string of the molecule is CC1(C)CN(Cc2ccc(CN)cc2Cl)CCS1. The molecule has 0 radical (unpaired) electrons. The van der Waals surface area contributed by atoms with Crippen LogP contribution in [0.25, 0.3) is 0 Å². The van der Waals surface area contributed by atoms with E-state index >= 15 is 0 Å². The molecule has 0 amide bonds. The lowest BCUT2D eigenvalue weighted by atomic mass is 10.1. The summed E-state index contributed by atoms with van der Waals surface area (Å²) in [5.41, 5.74) is 7.92. The van der Waals surface area contributed by atoms with E-state index in [0.29, 0.717) is 11.3 Å². The standard InChI is InChI=1S/C14H21ClN2S/c1-14(2)10-17(5-6-18-14)9-12-4-3-11(8-16)7-13(12)15/h3-4,7H,5-6,8-10,16H2,1-2H3. The smallest absolute Gasteiger partial charge is 0.0454 e. The van der Waals surface area contributed by atoms with Gasteiger partial charge < -0.3 is 5.73 Å². The van der Waals surface area contributed by atoms with Crippen LogP contribution in [-0.4, -0.2) is 28.5 Å². The summed E-state index contributed by atoms with van der Waals surface area (Å²) in [7, 11) is 0. The minimum atomic E-state index is 0.349. The Morgan fingerprint density at radius 3 is 2.83 bits per heavy atom. The zero-order valence-electron chi connectivity index (χ0n) is 11.1. The third kappa shape index (κ3) is 3.64. The van der Waals surface area contributed by atoms with Crippen LogP contribution in [0.1, 0.15) is 25.0 Å². The average Bonchev–Trinajstić information content (AvgIpc) is 2.30. The number of nitrogens with zero attached hydrogens (tertiary/aromatic N) is 1. The predicted octanol–water partition coefficient (Wildman–Crippen LogP) is 3.13. The molecule has 1 aromatic rings. The van der Waals surface area contributed by atoms with Crippen LogP contribution in [0, 0.1) is 0 Å². The molecule has 0 unspecified atom stereocenters. The van der Waals surface area contributed by atoms with Gasteiger partial charge >= 0.3 is 0 Å². The van der Waals surface area contributed by atoms with Gasteiger partial charge in [0.2, 0.25) is 0 Å². The number of hydrogen-bond donors (Lipinski definition) is 1. The van der Waals surface area contributed by atoms with Gasteiger partial charge in [-0.1, -0.05) is 23.7 Å². The van der Waals surface area contributed by atoms with Crippen LogP contribution in [0.2, 0.25) is 5.02 Å². The molecule has 1 aromatic carbocycles. The molecule has 0 aliphatic carbocycles. The van der Waals surface area contributed by atoms with Gasteiger partial charge in [0.05, 0.1) is 0 Å². The summed E-state index contributed by atoms with van der Waals surface area (Å²) in [6.45, 7) is 8.36. The molecule has 2 rings (SSSR count). The van der Waals surface area contributed by atoms with E-state index in [1.807, 2.05) is 6.07 Å². The van der Waals surface area contributed by atoms with Gasteiger partial charge in [0.25, 0.3) is 0 Å². The summed E-state index contributed by atoms with van der Waals surface area (Å²) in [5, 5.41) is 0.842. The topological polar surface area (TPSA) is 29.3 Å². The molecule has 0 spiro atoms. The zero-order valence-corrected chi connectivity index (χ0v) is 12.7. The van der Waals surface area contributed by atoms with E-state index in [2.05, 4.69) is 42.6 Å². The van der Waals surface area contributed by atoms with E-state index < -0.39 is 0 Å². The lowest BCUT2D eigenvalue weighted by molar-refractivity contribution is 0.252. The zero-order chi connectivity index (χ0) is 13.2. The van der Waals surface area contributed by atoms with Crippen molar-refractivity contribution < 1.29 is 0 Å². The van der Waals surface area contributed by atoms with Crippen LogP contribution in [0.3, 0.4) is 0 Å². The van der Waals surface area contributed by atoms with Crippen molar-refractivity contribution in [2.75, 3.05) is 18.8 Å². The van der Waals surface area contributed by atoms with Crippen molar-refractivity contribution in [2.45, 2.75) is 31.7 Å². The van der Waals surface area contributed by atoms with Crippen molar-refractivity contribution >= 4 is 23.4 Å². The number of rotatable bonds is 3. The fraction of sp³-hybridized carbons (Fsp3) is 0.571. The molecule has 0 atom stereocenters. The van der Waals surface area contributed by atoms with Gasteiger partial charge in [0.15, 0.2) is 0 Å². The molecule has 1 saturated heterocycles. The minimum Gasteiger partial charge on any atom is -0.326 e. The quantitative estimate of drug-likeness (QED) is 0.925. The third-order valence-electron chi connectivity index (χ3n) is 3.25. The van der Waals surface area contributed by atoms with E-state index in [1.165, 1.54) is 11.3 Å². The highest BCUT2D eigenvalue weighted by molar-refractivity contribution is 8.00. The molecular formula is C14H21ClN2S. The lowest BCUT2D eigenvalue weighted by Gasteiger charge is -2.37. The van der Waals surface area contributed by atoms with Crippen molar-refractivity contribution in [1.29, 1.82) is 0 Å². The summed E-state index contributed by atoms with van der Waals surface area (Å²) in [6.07, 6.45) is 0. The van der Waals surface area contributed by atoms with Gasteiger partial charge in [-0.25, -0.2) is 0 Å². The van der Waals surface area contributed by atoms with Gasteiger partial charge in [-0.15, -0.1) is 0 Å². The van der Waals surface area contributed by atoms with E-state index in [-0.39, 0.29) is 0 Å². The number of hydrogen-bond acceptors (Lipinski definition) is 3. The van der Waals surface area contributed by atoms with Crippen LogP contribution in [0.4, 0.5) is 0 Å². The Balaban J connectivity index is 2.05. The average molecular weight is 285 g/mol. The summed E-state index contributed by atoms with van der Waals surface area (Å²) in [6, 6.07) is 6.17. The Kier molecular flexibility index (Phi) is 4.59. The first-order valence-corrected chi connectivity index (χ1v) is 7.70. The van der Waals surface area contributed by atoms with E-state index in [9.17, 15) is 0 Å². The Morgan fingerprint density at radius 1 is 1.44 bits per heavy atom. The second kappa shape index (κ2) is 5.83. The van der Waals surface area contributed by atoms with Gasteiger partial charge in [-0.2, -0.15) is 11.8 Å². The second-order valence-corrected chi connectivity index (χ2v) is 7.66.